The van der Waals surface area contributed by atoms with E-state index in [0.717, 1.165) is 6.42 Å². The second kappa shape index (κ2) is 7.53. The molecule has 0 saturated carbocycles. The number of aromatic hydroxyl groups is 1. The fraction of sp³-hybridized carbons (Fsp3) is 0.579. The molecule has 0 aromatic heterocycles. The zero-order chi connectivity index (χ0) is 15.2. The maximum absolute atomic E-state index is 9.93. The molecule has 1 atom stereocenters. The Morgan fingerprint density at radius 1 is 1.43 bits per heavy atom. The highest BCUT2D eigenvalue weighted by atomic mass is 16.5. The fourth-order valence-electron chi connectivity index (χ4n) is 3.48. The first-order valence-electron chi connectivity index (χ1n) is 8.23. The Kier molecular flexibility index (Phi) is 5.72. The topological polar surface area (TPSA) is 29.5 Å². The van der Waals surface area contributed by atoms with Gasteiger partial charge in [0.25, 0.3) is 0 Å². The minimum absolute atomic E-state index is 0.277. The molecule has 116 valence electrons. The highest BCUT2D eigenvalue weighted by Gasteiger charge is 2.22. The number of benzene rings is 1. The summed E-state index contributed by atoms with van der Waals surface area (Å²) in [7, 11) is 1.62. The number of hydrogen-bond donors (Lipinski definition) is 1. The summed E-state index contributed by atoms with van der Waals surface area (Å²) in [5.74, 6) is 1.51. The maximum atomic E-state index is 9.93. The molecular formula is C19H28O2. The smallest absolute Gasteiger partial charge is 0.160 e. The van der Waals surface area contributed by atoms with Crippen LogP contribution >= 0.6 is 0 Å². The number of hydrogen-bond acceptors (Lipinski definition) is 2. The summed E-state index contributed by atoms with van der Waals surface area (Å²) in [5.41, 5.74) is 4.27. The number of ether oxygens (including phenoxy) is 1. The second-order valence-corrected chi connectivity index (χ2v) is 6.00. The largest absolute Gasteiger partial charge is 0.504 e. The van der Waals surface area contributed by atoms with Gasteiger partial charge in [-0.05, 0) is 81.0 Å². The van der Waals surface area contributed by atoms with E-state index in [0.29, 0.717) is 11.7 Å². The molecule has 1 N–H and O–H groups in total. The molecule has 2 rings (SSSR count). The van der Waals surface area contributed by atoms with Crippen LogP contribution in [0.15, 0.2) is 23.8 Å². The molecule has 1 aromatic rings. The lowest BCUT2D eigenvalue weighted by Crippen LogP contribution is -2.10. The molecule has 21 heavy (non-hydrogen) atoms. The maximum Gasteiger partial charge on any atom is 0.160 e. The van der Waals surface area contributed by atoms with Gasteiger partial charge in [-0.3, -0.25) is 0 Å². The Hall–Kier alpha value is -1.44. The molecule has 0 saturated heterocycles. The first-order valence-corrected chi connectivity index (χ1v) is 8.23. The van der Waals surface area contributed by atoms with Crippen LogP contribution in [0.3, 0.4) is 0 Å². The van der Waals surface area contributed by atoms with Gasteiger partial charge >= 0.3 is 0 Å². The molecule has 0 fully saturated rings. The predicted octanol–water partition coefficient (Wildman–Crippen LogP) is 5.35. The van der Waals surface area contributed by atoms with E-state index >= 15 is 0 Å². The van der Waals surface area contributed by atoms with Gasteiger partial charge in [0.2, 0.25) is 0 Å². The molecule has 1 aromatic carbocycles. The van der Waals surface area contributed by atoms with Crippen molar-refractivity contribution in [1.29, 1.82) is 0 Å². The molecule has 1 aliphatic rings. The minimum atomic E-state index is 0.277. The van der Waals surface area contributed by atoms with Gasteiger partial charge in [-0.25, -0.2) is 0 Å². The van der Waals surface area contributed by atoms with Crippen LogP contribution in [0.5, 0.6) is 11.5 Å². The van der Waals surface area contributed by atoms with Crippen LogP contribution in [-0.4, -0.2) is 12.2 Å². The van der Waals surface area contributed by atoms with Crippen molar-refractivity contribution in [2.75, 3.05) is 7.11 Å². The van der Waals surface area contributed by atoms with E-state index in [1.165, 1.54) is 49.7 Å². The normalized spacial score (nSPS) is 18.4. The van der Waals surface area contributed by atoms with Gasteiger partial charge in [0.1, 0.15) is 0 Å². The third-order valence-corrected chi connectivity index (χ3v) is 4.79. The van der Waals surface area contributed by atoms with Crippen molar-refractivity contribution in [2.24, 2.45) is 0 Å². The minimum Gasteiger partial charge on any atom is -0.504 e. The molecule has 0 spiro atoms. The van der Waals surface area contributed by atoms with Crippen LogP contribution in [0.1, 0.15) is 69.4 Å². The summed E-state index contributed by atoms with van der Waals surface area (Å²) in [6.45, 7) is 4.38. The van der Waals surface area contributed by atoms with Crippen LogP contribution in [0.25, 0.3) is 0 Å². The summed E-state index contributed by atoms with van der Waals surface area (Å²) in [5, 5.41) is 9.93. The van der Waals surface area contributed by atoms with Crippen molar-refractivity contribution >= 4 is 0 Å². The van der Waals surface area contributed by atoms with Crippen molar-refractivity contribution in [1.82, 2.24) is 0 Å². The van der Waals surface area contributed by atoms with Crippen LogP contribution in [0, 0.1) is 0 Å². The molecule has 0 bridgehead atoms. The van der Waals surface area contributed by atoms with E-state index in [4.69, 9.17) is 4.74 Å². The SMILES string of the molecule is C/C=C(\CC)CCCC1CCCc2cc(O)c(OC)cc21. The Bertz CT molecular complexity index is 503. The lowest BCUT2D eigenvalue weighted by atomic mass is 9.79. The first-order chi connectivity index (χ1) is 10.2. The van der Waals surface area contributed by atoms with E-state index in [-0.39, 0.29) is 5.75 Å². The molecular weight excluding hydrogens is 260 g/mol. The number of aryl methyl sites for hydroxylation is 1. The highest BCUT2D eigenvalue weighted by molar-refractivity contribution is 5.48. The van der Waals surface area contributed by atoms with Crippen LogP contribution in [0.4, 0.5) is 0 Å². The Labute approximate surface area is 128 Å². The molecule has 1 aliphatic carbocycles. The zero-order valence-electron chi connectivity index (χ0n) is 13.6. The van der Waals surface area contributed by atoms with E-state index in [9.17, 15) is 5.11 Å². The van der Waals surface area contributed by atoms with Crippen molar-refractivity contribution in [3.63, 3.8) is 0 Å². The molecule has 0 aliphatic heterocycles. The van der Waals surface area contributed by atoms with Crippen molar-refractivity contribution in [3.05, 3.63) is 34.9 Å². The number of phenolic OH excluding ortho intramolecular Hbond substituents is 1. The number of allylic oxidation sites excluding steroid dienone is 2. The summed E-state index contributed by atoms with van der Waals surface area (Å²) >= 11 is 0. The molecule has 2 nitrogen and oxygen atoms in total. The third-order valence-electron chi connectivity index (χ3n) is 4.79. The summed E-state index contributed by atoms with van der Waals surface area (Å²) in [4.78, 5) is 0. The Morgan fingerprint density at radius 3 is 2.90 bits per heavy atom. The van der Waals surface area contributed by atoms with E-state index < -0.39 is 0 Å². The van der Waals surface area contributed by atoms with Gasteiger partial charge in [0.15, 0.2) is 11.5 Å². The monoisotopic (exact) mass is 288 g/mol. The van der Waals surface area contributed by atoms with Crippen LogP contribution in [-0.2, 0) is 6.42 Å². The number of phenols is 1. The fourth-order valence-corrected chi connectivity index (χ4v) is 3.48. The Balaban J connectivity index is 2.07. The standard InChI is InChI=1S/C19H28O2/c1-4-14(5-2)8-6-9-15-10-7-11-16-12-18(20)19(21-3)13-17(15)16/h4,12-13,15,20H,5-11H2,1-3H3/b14-4+. The van der Waals surface area contributed by atoms with E-state index in [2.05, 4.69) is 26.0 Å². The molecule has 1 unspecified atom stereocenters. The summed E-state index contributed by atoms with van der Waals surface area (Å²) in [6.07, 6.45) is 10.7. The van der Waals surface area contributed by atoms with Crippen molar-refractivity contribution < 1.29 is 9.84 Å². The zero-order valence-corrected chi connectivity index (χ0v) is 13.6. The quantitative estimate of drug-likeness (QED) is 0.715. The van der Waals surface area contributed by atoms with Gasteiger partial charge < -0.3 is 9.84 Å². The van der Waals surface area contributed by atoms with Gasteiger partial charge in [0, 0.05) is 0 Å². The van der Waals surface area contributed by atoms with Crippen LogP contribution in [0.2, 0.25) is 0 Å². The Morgan fingerprint density at radius 2 is 2.24 bits per heavy atom. The van der Waals surface area contributed by atoms with Crippen molar-refractivity contribution in [2.45, 2.75) is 64.7 Å². The number of fused-ring (bicyclic) bond motifs is 1. The highest BCUT2D eigenvalue weighted by Crippen LogP contribution is 2.40. The lowest BCUT2D eigenvalue weighted by molar-refractivity contribution is 0.370. The van der Waals surface area contributed by atoms with Crippen molar-refractivity contribution in [3.8, 4) is 11.5 Å². The molecule has 2 heteroatoms. The number of rotatable bonds is 6. The average molecular weight is 288 g/mol. The second-order valence-electron chi connectivity index (χ2n) is 6.00. The van der Waals surface area contributed by atoms with E-state index in [1.807, 2.05) is 6.07 Å². The van der Waals surface area contributed by atoms with E-state index in [1.54, 1.807) is 12.7 Å². The van der Waals surface area contributed by atoms with Gasteiger partial charge in [0.05, 0.1) is 7.11 Å². The lowest BCUT2D eigenvalue weighted by Gasteiger charge is -2.26. The summed E-state index contributed by atoms with van der Waals surface area (Å²) in [6, 6.07) is 3.97. The van der Waals surface area contributed by atoms with Gasteiger partial charge in [-0.15, -0.1) is 0 Å². The first kappa shape index (κ1) is 15.9. The van der Waals surface area contributed by atoms with Gasteiger partial charge in [-0.1, -0.05) is 18.6 Å². The molecule has 0 radical (unpaired) electrons. The summed E-state index contributed by atoms with van der Waals surface area (Å²) < 4.78 is 5.28. The number of methoxy groups -OCH3 is 1. The molecule has 0 amide bonds. The van der Waals surface area contributed by atoms with Gasteiger partial charge in [-0.2, -0.15) is 0 Å². The average Bonchev–Trinajstić information content (AvgIpc) is 2.51. The van der Waals surface area contributed by atoms with Crippen LogP contribution < -0.4 is 4.74 Å². The third kappa shape index (κ3) is 3.81. The molecule has 0 heterocycles. The predicted molar refractivity (Wildman–Crippen MR) is 88.2 cm³/mol.